The Morgan fingerprint density at radius 2 is 1.86 bits per heavy atom. The van der Waals surface area contributed by atoms with E-state index in [1.54, 1.807) is 42.3 Å². The molecule has 150 valence electrons. The number of hydrogen-bond donors (Lipinski definition) is 1. The van der Waals surface area contributed by atoms with Crippen LogP contribution in [0.4, 0.5) is 5.69 Å². The monoisotopic (exact) mass is 421 g/mol. The number of amides is 1. The third kappa shape index (κ3) is 5.25. The maximum Gasteiger partial charge on any atom is 0.261 e. The quantitative estimate of drug-likeness (QED) is 0.744. The minimum absolute atomic E-state index is 0.0336. The number of likely N-dealkylation sites (tertiary alicyclic amines) is 1. The summed E-state index contributed by atoms with van der Waals surface area (Å²) in [7, 11) is -2.08. The van der Waals surface area contributed by atoms with Gasteiger partial charge >= 0.3 is 0 Å². The third-order valence-corrected chi connectivity index (χ3v) is 6.38. The highest BCUT2D eigenvalue weighted by Crippen LogP contribution is 2.20. The van der Waals surface area contributed by atoms with Gasteiger partial charge in [0.25, 0.3) is 15.9 Å². The summed E-state index contributed by atoms with van der Waals surface area (Å²) in [4.78, 5) is 16.7. The second-order valence-corrected chi connectivity index (χ2v) is 9.04. The summed E-state index contributed by atoms with van der Waals surface area (Å²) in [5.41, 5.74) is 0.713. The number of carbonyl (C=O) groups is 1. The summed E-state index contributed by atoms with van der Waals surface area (Å²) in [5, 5.41) is 0.434. The standard InChI is InChI=1S/C20H24ClN3O3S/c1-23(12-13-24-10-2-3-11-24)20(25)16-6-4-9-19(14-16)28(26,27)22-18-8-5-7-17(21)15-18/h4-9,14-15,22H,2-3,10-13H2,1H3. The first-order valence-electron chi connectivity index (χ1n) is 9.21. The van der Waals surface area contributed by atoms with E-state index in [-0.39, 0.29) is 10.8 Å². The van der Waals surface area contributed by atoms with Crippen LogP contribution in [0.3, 0.4) is 0 Å². The zero-order valence-electron chi connectivity index (χ0n) is 15.8. The second-order valence-electron chi connectivity index (χ2n) is 6.92. The molecule has 8 heteroatoms. The number of carbonyl (C=O) groups excluding carboxylic acids is 1. The van der Waals surface area contributed by atoms with Gasteiger partial charge in [-0.2, -0.15) is 0 Å². The summed E-state index contributed by atoms with van der Waals surface area (Å²) in [6, 6.07) is 12.5. The normalized spacial score (nSPS) is 14.8. The van der Waals surface area contributed by atoms with Gasteiger partial charge in [-0.25, -0.2) is 8.42 Å². The van der Waals surface area contributed by atoms with Crippen LogP contribution in [0.2, 0.25) is 5.02 Å². The summed E-state index contributed by atoms with van der Waals surface area (Å²) in [6.07, 6.45) is 2.41. The van der Waals surface area contributed by atoms with Crippen molar-refractivity contribution in [2.45, 2.75) is 17.7 Å². The molecule has 3 rings (SSSR count). The van der Waals surface area contributed by atoms with Crippen LogP contribution in [0.15, 0.2) is 53.4 Å². The topological polar surface area (TPSA) is 69.7 Å². The summed E-state index contributed by atoms with van der Waals surface area (Å²) >= 11 is 5.91. The first kappa shape index (κ1) is 20.6. The molecule has 6 nitrogen and oxygen atoms in total. The molecule has 1 N–H and O–H groups in total. The lowest BCUT2D eigenvalue weighted by Gasteiger charge is -2.21. The van der Waals surface area contributed by atoms with Gasteiger partial charge in [-0.05, 0) is 62.3 Å². The Bertz CT molecular complexity index is 943. The number of nitrogens with zero attached hydrogens (tertiary/aromatic N) is 2. The minimum atomic E-state index is -3.82. The zero-order valence-corrected chi connectivity index (χ0v) is 17.3. The highest BCUT2D eigenvalue weighted by atomic mass is 35.5. The van der Waals surface area contributed by atoms with E-state index in [0.717, 1.165) is 19.6 Å². The smallest absolute Gasteiger partial charge is 0.261 e. The van der Waals surface area contributed by atoms with Gasteiger partial charge in [0.1, 0.15) is 0 Å². The van der Waals surface area contributed by atoms with E-state index in [1.165, 1.54) is 31.0 Å². The molecule has 0 unspecified atom stereocenters. The summed E-state index contributed by atoms with van der Waals surface area (Å²) in [6.45, 7) is 3.59. The van der Waals surface area contributed by atoms with Gasteiger partial charge < -0.3 is 9.80 Å². The summed E-state index contributed by atoms with van der Waals surface area (Å²) in [5.74, 6) is -0.195. The minimum Gasteiger partial charge on any atom is -0.340 e. The molecule has 0 spiro atoms. The van der Waals surface area contributed by atoms with Crippen LogP contribution in [0.5, 0.6) is 0 Å². The van der Waals surface area contributed by atoms with Crippen molar-refractivity contribution in [2.24, 2.45) is 0 Å². The molecule has 2 aromatic carbocycles. The van der Waals surface area contributed by atoms with Gasteiger partial charge in [-0.15, -0.1) is 0 Å². The van der Waals surface area contributed by atoms with E-state index < -0.39 is 10.0 Å². The fraction of sp³-hybridized carbons (Fsp3) is 0.350. The lowest BCUT2D eigenvalue weighted by Crippen LogP contribution is -2.35. The highest BCUT2D eigenvalue weighted by Gasteiger charge is 2.19. The van der Waals surface area contributed by atoms with Crippen LogP contribution in [0.25, 0.3) is 0 Å². The van der Waals surface area contributed by atoms with Crippen molar-refractivity contribution in [3.05, 3.63) is 59.1 Å². The van der Waals surface area contributed by atoms with Crippen molar-refractivity contribution in [3.8, 4) is 0 Å². The fourth-order valence-electron chi connectivity index (χ4n) is 3.18. The van der Waals surface area contributed by atoms with Gasteiger partial charge in [0.05, 0.1) is 10.6 Å². The van der Waals surface area contributed by atoms with Gasteiger partial charge in [0, 0.05) is 30.7 Å². The predicted octanol–water partition coefficient (Wildman–Crippen LogP) is 3.31. The average molecular weight is 422 g/mol. The maximum absolute atomic E-state index is 12.7. The number of halogens is 1. The average Bonchev–Trinajstić information content (AvgIpc) is 3.19. The number of likely N-dealkylation sites (N-methyl/N-ethyl adjacent to an activating group) is 1. The van der Waals surface area contributed by atoms with Crippen molar-refractivity contribution in [3.63, 3.8) is 0 Å². The van der Waals surface area contributed by atoms with E-state index in [2.05, 4.69) is 9.62 Å². The molecular weight excluding hydrogens is 398 g/mol. The molecule has 1 heterocycles. The van der Waals surface area contributed by atoms with E-state index in [0.29, 0.717) is 22.8 Å². The lowest BCUT2D eigenvalue weighted by atomic mass is 10.2. The Labute approximate surface area is 171 Å². The van der Waals surface area contributed by atoms with Crippen LogP contribution in [-0.2, 0) is 10.0 Å². The molecule has 1 amide bonds. The molecule has 0 saturated carbocycles. The van der Waals surface area contributed by atoms with Crippen molar-refractivity contribution >= 4 is 33.2 Å². The van der Waals surface area contributed by atoms with Crippen molar-refractivity contribution < 1.29 is 13.2 Å². The van der Waals surface area contributed by atoms with Crippen LogP contribution >= 0.6 is 11.6 Å². The molecule has 1 aliphatic heterocycles. The number of sulfonamides is 1. The summed E-state index contributed by atoms with van der Waals surface area (Å²) < 4.78 is 27.8. The van der Waals surface area contributed by atoms with Gasteiger partial charge in [0.15, 0.2) is 0 Å². The zero-order chi connectivity index (χ0) is 20.1. The number of anilines is 1. The Balaban J connectivity index is 1.70. The van der Waals surface area contributed by atoms with Gasteiger partial charge in [0.2, 0.25) is 0 Å². The van der Waals surface area contributed by atoms with Crippen LogP contribution in [-0.4, -0.2) is 57.4 Å². The molecule has 28 heavy (non-hydrogen) atoms. The van der Waals surface area contributed by atoms with E-state index in [9.17, 15) is 13.2 Å². The van der Waals surface area contributed by atoms with E-state index >= 15 is 0 Å². The molecule has 0 aliphatic carbocycles. The molecule has 0 radical (unpaired) electrons. The number of rotatable bonds is 7. The molecule has 0 atom stereocenters. The molecule has 0 bridgehead atoms. The van der Waals surface area contributed by atoms with Crippen LogP contribution < -0.4 is 4.72 Å². The Hall–Kier alpha value is -2.09. The SMILES string of the molecule is CN(CCN1CCCC1)C(=O)c1cccc(S(=O)(=O)Nc2cccc(Cl)c2)c1. The molecule has 2 aromatic rings. The molecule has 1 saturated heterocycles. The molecule has 1 aliphatic rings. The Morgan fingerprint density at radius 3 is 2.57 bits per heavy atom. The molecule has 0 aromatic heterocycles. The third-order valence-electron chi connectivity index (χ3n) is 4.77. The molecular formula is C20H24ClN3O3S. The van der Waals surface area contributed by atoms with Gasteiger partial charge in [-0.1, -0.05) is 23.7 Å². The Morgan fingerprint density at radius 1 is 1.14 bits per heavy atom. The predicted molar refractivity (Wildman–Crippen MR) is 111 cm³/mol. The number of nitrogens with one attached hydrogen (secondary N) is 1. The van der Waals surface area contributed by atoms with Crippen molar-refractivity contribution in [2.75, 3.05) is 37.9 Å². The van der Waals surface area contributed by atoms with E-state index in [1.807, 2.05) is 0 Å². The Kier molecular flexibility index (Phi) is 6.59. The lowest BCUT2D eigenvalue weighted by molar-refractivity contribution is 0.0782. The first-order valence-corrected chi connectivity index (χ1v) is 11.1. The van der Waals surface area contributed by atoms with E-state index in [4.69, 9.17) is 11.6 Å². The van der Waals surface area contributed by atoms with Crippen molar-refractivity contribution in [1.82, 2.24) is 9.80 Å². The van der Waals surface area contributed by atoms with Crippen LogP contribution in [0.1, 0.15) is 23.2 Å². The highest BCUT2D eigenvalue weighted by molar-refractivity contribution is 7.92. The van der Waals surface area contributed by atoms with Crippen molar-refractivity contribution in [1.29, 1.82) is 0 Å². The first-order chi connectivity index (χ1) is 13.3. The second kappa shape index (κ2) is 8.94. The molecule has 1 fully saturated rings. The van der Waals surface area contributed by atoms with Gasteiger partial charge in [-0.3, -0.25) is 9.52 Å². The maximum atomic E-state index is 12.7. The largest absolute Gasteiger partial charge is 0.340 e. The number of hydrogen-bond acceptors (Lipinski definition) is 4. The number of benzene rings is 2. The fourth-order valence-corrected chi connectivity index (χ4v) is 4.47. The van der Waals surface area contributed by atoms with Crippen LogP contribution in [0, 0.1) is 0 Å².